The van der Waals surface area contributed by atoms with Crippen LogP contribution in [0.15, 0.2) is 73.1 Å². The maximum Gasteiger partial charge on any atom is 0.254 e. The standard InChI is InChI=1S/C29H27N7O/c1-19-8-9-25-22(15-19)23(16-26(32-25)20-5-4-10-31-17-20)29(37)36-13-11-35(12-14-36)18-27-33-24-7-3-2-6-21(24)28(30)34-27/h2-10,15-17H,11-14,18H2,1H3,(H2,30,33,34). The monoisotopic (exact) mass is 489 g/mol. The fraction of sp³-hybridized carbons (Fsp3) is 0.207. The van der Waals surface area contributed by atoms with Gasteiger partial charge in [0.25, 0.3) is 5.91 Å². The third kappa shape index (κ3) is 4.59. The minimum absolute atomic E-state index is 0.0222. The summed E-state index contributed by atoms with van der Waals surface area (Å²) in [6.45, 7) is 5.35. The number of rotatable bonds is 4. The molecule has 1 aliphatic heterocycles. The number of benzene rings is 2. The van der Waals surface area contributed by atoms with Crippen molar-refractivity contribution < 1.29 is 4.79 Å². The van der Waals surface area contributed by atoms with Crippen LogP contribution in [0.2, 0.25) is 0 Å². The maximum absolute atomic E-state index is 13.8. The lowest BCUT2D eigenvalue weighted by Crippen LogP contribution is -2.48. The summed E-state index contributed by atoms with van der Waals surface area (Å²) in [6.07, 6.45) is 3.51. The molecule has 0 spiro atoms. The molecule has 0 bridgehead atoms. The van der Waals surface area contributed by atoms with Crippen molar-refractivity contribution in [2.45, 2.75) is 13.5 Å². The van der Waals surface area contributed by atoms with Gasteiger partial charge in [-0.1, -0.05) is 23.8 Å². The molecule has 37 heavy (non-hydrogen) atoms. The number of amides is 1. The zero-order chi connectivity index (χ0) is 25.4. The second-order valence-electron chi connectivity index (χ2n) is 9.43. The van der Waals surface area contributed by atoms with Gasteiger partial charge in [0.1, 0.15) is 11.6 Å². The smallest absolute Gasteiger partial charge is 0.254 e. The van der Waals surface area contributed by atoms with Gasteiger partial charge in [-0.2, -0.15) is 0 Å². The van der Waals surface area contributed by atoms with E-state index in [2.05, 4.69) is 19.9 Å². The van der Waals surface area contributed by atoms with Gasteiger partial charge in [-0.25, -0.2) is 15.0 Å². The molecule has 1 saturated heterocycles. The highest BCUT2D eigenvalue weighted by Gasteiger charge is 2.25. The number of anilines is 1. The van der Waals surface area contributed by atoms with Gasteiger partial charge in [0, 0.05) is 54.9 Å². The first-order valence-corrected chi connectivity index (χ1v) is 12.4. The van der Waals surface area contributed by atoms with Gasteiger partial charge in [-0.05, 0) is 49.4 Å². The Bertz CT molecular complexity index is 1610. The van der Waals surface area contributed by atoms with E-state index < -0.39 is 0 Å². The van der Waals surface area contributed by atoms with E-state index in [1.807, 2.05) is 72.5 Å². The number of hydrogen-bond acceptors (Lipinski definition) is 7. The van der Waals surface area contributed by atoms with E-state index in [1.165, 1.54) is 0 Å². The zero-order valence-corrected chi connectivity index (χ0v) is 20.6. The van der Waals surface area contributed by atoms with Crippen LogP contribution in [0.3, 0.4) is 0 Å². The summed E-state index contributed by atoms with van der Waals surface area (Å²) >= 11 is 0. The third-order valence-electron chi connectivity index (χ3n) is 6.86. The number of nitrogen functional groups attached to an aromatic ring is 1. The van der Waals surface area contributed by atoms with E-state index in [0.29, 0.717) is 36.8 Å². The van der Waals surface area contributed by atoms with Gasteiger partial charge < -0.3 is 10.6 Å². The van der Waals surface area contributed by atoms with Crippen LogP contribution in [0.5, 0.6) is 0 Å². The number of nitrogens with zero attached hydrogens (tertiary/aromatic N) is 6. The predicted molar refractivity (Wildman–Crippen MR) is 145 cm³/mol. The SMILES string of the molecule is Cc1ccc2nc(-c3cccnc3)cc(C(=O)N3CCN(Cc4nc(N)c5ccccc5n4)CC3)c2c1. The van der Waals surface area contributed by atoms with Crippen LogP contribution in [0.25, 0.3) is 33.1 Å². The molecule has 2 N–H and O–H groups in total. The summed E-state index contributed by atoms with van der Waals surface area (Å²) in [4.78, 5) is 36.2. The summed E-state index contributed by atoms with van der Waals surface area (Å²) in [6, 6.07) is 19.6. The number of pyridine rings is 2. The fourth-order valence-electron chi connectivity index (χ4n) is 4.88. The Morgan fingerprint density at radius 2 is 1.70 bits per heavy atom. The van der Waals surface area contributed by atoms with Crippen LogP contribution in [0.4, 0.5) is 5.82 Å². The Kier molecular flexibility index (Phi) is 5.94. The molecule has 0 atom stereocenters. The summed E-state index contributed by atoms with van der Waals surface area (Å²) in [5.74, 6) is 1.22. The van der Waals surface area contributed by atoms with Crippen molar-refractivity contribution in [2.75, 3.05) is 31.9 Å². The average Bonchev–Trinajstić information content (AvgIpc) is 2.93. The van der Waals surface area contributed by atoms with E-state index in [0.717, 1.165) is 51.7 Å². The van der Waals surface area contributed by atoms with E-state index in [9.17, 15) is 4.79 Å². The van der Waals surface area contributed by atoms with Crippen LogP contribution in [-0.4, -0.2) is 61.8 Å². The molecule has 5 aromatic rings. The summed E-state index contributed by atoms with van der Waals surface area (Å²) in [5, 5.41) is 1.74. The largest absolute Gasteiger partial charge is 0.383 e. The Morgan fingerprint density at radius 3 is 2.51 bits per heavy atom. The van der Waals surface area contributed by atoms with Gasteiger partial charge in [-0.15, -0.1) is 0 Å². The van der Waals surface area contributed by atoms with Crippen molar-refractivity contribution in [2.24, 2.45) is 0 Å². The van der Waals surface area contributed by atoms with E-state index in [-0.39, 0.29) is 5.91 Å². The van der Waals surface area contributed by atoms with Gasteiger partial charge in [0.05, 0.1) is 28.8 Å². The molecule has 2 aromatic carbocycles. The molecule has 184 valence electrons. The molecule has 0 aliphatic carbocycles. The molecule has 0 unspecified atom stereocenters. The number of nitrogens with two attached hydrogens (primary N) is 1. The molecule has 1 fully saturated rings. The Morgan fingerprint density at radius 1 is 0.892 bits per heavy atom. The molecule has 6 rings (SSSR count). The van der Waals surface area contributed by atoms with Crippen LogP contribution in [0.1, 0.15) is 21.7 Å². The number of hydrogen-bond donors (Lipinski definition) is 1. The molecule has 1 aliphatic rings. The van der Waals surface area contributed by atoms with Gasteiger partial charge in [0.2, 0.25) is 0 Å². The van der Waals surface area contributed by atoms with E-state index in [1.54, 1.807) is 12.4 Å². The second-order valence-corrected chi connectivity index (χ2v) is 9.43. The highest BCUT2D eigenvalue weighted by molar-refractivity contribution is 6.07. The van der Waals surface area contributed by atoms with Crippen molar-refractivity contribution in [1.82, 2.24) is 29.7 Å². The van der Waals surface area contributed by atoms with Crippen LogP contribution in [-0.2, 0) is 6.54 Å². The molecule has 3 aromatic heterocycles. The zero-order valence-electron chi connectivity index (χ0n) is 20.6. The summed E-state index contributed by atoms with van der Waals surface area (Å²) in [5.41, 5.74) is 11.2. The van der Waals surface area contributed by atoms with Gasteiger partial charge >= 0.3 is 0 Å². The van der Waals surface area contributed by atoms with Crippen molar-refractivity contribution >= 4 is 33.5 Å². The molecule has 8 heteroatoms. The first kappa shape index (κ1) is 23.0. The first-order valence-electron chi connectivity index (χ1n) is 12.4. The van der Waals surface area contributed by atoms with E-state index in [4.69, 9.17) is 10.7 Å². The number of aryl methyl sites for hydroxylation is 1. The second kappa shape index (κ2) is 9.55. The molecule has 1 amide bonds. The van der Waals surface area contributed by atoms with Gasteiger partial charge in [0.15, 0.2) is 0 Å². The number of piperazine rings is 1. The first-order chi connectivity index (χ1) is 18.0. The Balaban J connectivity index is 1.23. The minimum Gasteiger partial charge on any atom is -0.383 e. The highest BCUT2D eigenvalue weighted by Crippen LogP contribution is 2.27. The van der Waals surface area contributed by atoms with Gasteiger partial charge in [-0.3, -0.25) is 14.7 Å². The Labute approximate surface area is 214 Å². The summed E-state index contributed by atoms with van der Waals surface area (Å²) in [7, 11) is 0. The Hall–Kier alpha value is -4.43. The lowest BCUT2D eigenvalue weighted by Gasteiger charge is -2.34. The third-order valence-corrected chi connectivity index (χ3v) is 6.86. The maximum atomic E-state index is 13.8. The summed E-state index contributed by atoms with van der Waals surface area (Å²) < 4.78 is 0. The van der Waals surface area contributed by atoms with Crippen LogP contribution < -0.4 is 5.73 Å². The molecule has 8 nitrogen and oxygen atoms in total. The molecular formula is C29H27N7O. The van der Waals surface area contributed by atoms with E-state index >= 15 is 0 Å². The quantitative estimate of drug-likeness (QED) is 0.406. The molecule has 4 heterocycles. The minimum atomic E-state index is 0.0222. The number of carbonyl (C=O) groups excluding carboxylic acids is 1. The average molecular weight is 490 g/mol. The highest BCUT2D eigenvalue weighted by atomic mass is 16.2. The van der Waals surface area contributed by atoms with Crippen LogP contribution in [0, 0.1) is 6.92 Å². The van der Waals surface area contributed by atoms with Crippen molar-refractivity contribution in [3.63, 3.8) is 0 Å². The topological polar surface area (TPSA) is 101 Å². The number of fused-ring (bicyclic) bond motifs is 2. The molecule has 0 saturated carbocycles. The normalized spacial score (nSPS) is 14.4. The molecule has 0 radical (unpaired) electrons. The van der Waals surface area contributed by atoms with Crippen LogP contribution >= 0.6 is 0 Å². The number of aromatic nitrogens is 4. The number of para-hydroxylation sites is 1. The predicted octanol–water partition coefficient (Wildman–Crippen LogP) is 4.09. The lowest BCUT2D eigenvalue weighted by atomic mass is 10.0. The van der Waals surface area contributed by atoms with Crippen molar-refractivity contribution in [3.8, 4) is 11.3 Å². The number of carbonyl (C=O) groups is 1. The van der Waals surface area contributed by atoms with Crippen molar-refractivity contribution in [1.29, 1.82) is 0 Å². The van der Waals surface area contributed by atoms with Crippen molar-refractivity contribution in [3.05, 3.63) is 90.0 Å². The lowest BCUT2D eigenvalue weighted by molar-refractivity contribution is 0.0627. The fourth-order valence-corrected chi connectivity index (χ4v) is 4.88. The molecular weight excluding hydrogens is 462 g/mol.